The van der Waals surface area contributed by atoms with Crippen molar-refractivity contribution in [2.45, 2.75) is 52.1 Å². The summed E-state index contributed by atoms with van der Waals surface area (Å²) in [4.78, 5) is 16.5. The topological polar surface area (TPSA) is 47.9 Å². The molecule has 2 aromatic carbocycles. The molecule has 0 amide bonds. The van der Waals surface area contributed by atoms with Gasteiger partial charge in [0.1, 0.15) is 18.1 Å². The molecule has 144 valence electrons. The first-order valence-corrected chi connectivity index (χ1v) is 9.75. The molecule has 0 saturated heterocycles. The molecular weight excluding hydrogens is 338 g/mol. The van der Waals surface area contributed by atoms with E-state index in [-0.39, 0.29) is 5.71 Å². The van der Waals surface area contributed by atoms with Crippen molar-refractivity contribution < 1.29 is 14.4 Å². The Morgan fingerprint density at radius 2 is 1.63 bits per heavy atom. The molecule has 0 N–H and O–H groups in total. The largest absolute Gasteiger partial charge is 0.494 e. The van der Waals surface area contributed by atoms with Gasteiger partial charge in [-0.05, 0) is 24.1 Å². The van der Waals surface area contributed by atoms with Gasteiger partial charge in [0.25, 0.3) is 0 Å². The Balaban J connectivity index is 1.70. The predicted molar refractivity (Wildman–Crippen MR) is 109 cm³/mol. The van der Waals surface area contributed by atoms with E-state index in [0.29, 0.717) is 12.9 Å². The summed E-state index contributed by atoms with van der Waals surface area (Å²) in [6, 6.07) is 17.1. The molecule has 4 heteroatoms. The third-order valence-corrected chi connectivity index (χ3v) is 4.27. The van der Waals surface area contributed by atoms with Crippen LogP contribution in [0.25, 0.3) is 0 Å². The van der Waals surface area contributed by atoms with Gasteiger partial charge in [0.15, 0.2) is 6.29 Å². The molecule has 0 atom stereocenters. The maximum atomic E-state index is 11.2. The molecule has 2 aromatic rings. The van der Waals surface area contributed by atoms with Crippen LogP contribution in [0.15, 0.2) is 59.8 Å². The second-order valence-electron chi connectivity index (χ2n) is 6.49. The van der Waals surface area contributed by atoms with Crippen molar-refractivity contribution >= 4 is 12.0 Å². The van der Waals surface area contributed by atoms with Crippen LogP contribution in [0.5, 0.6) is 5.75 Å². The van der Waals surface area contributed by atoms with E-state index < -0.39 is 0 Å². The van der Waals surface area contributed by atoms with Gasteiger partial charge in [-0.2, -0.15) is 0 Å². The molecule has 0 aliphatic carbocycles. The Morgan fingerprint density at radius 3 is 2.33 bits per heavy atom. The summed E-state index contributed by atoms with van der Waals surface area (Å²) < 4.78 is 5.77. The number of benzene rings is 2. The van der Waals surface area contributed by atoms with Gasteiger partial charge in [-0.25, -0.2) is 0 Å². The van der Waals surface area contributed by atoms with E-state index in [0.717, 1.165) is 29.9 Å². The Kier molecular flexibility index (Phi) is 9.72. The number of unbranched alkanes of at least 4 members (excludes halogenated alkanes) is 5. The summed E-state index contributed by atoms with van der Waals surface area (Å²) in [7, 11) is 0. The highest BCUT2D eigenvalue weighted by molar-refractivity contribution is 6.36. The Bertz CT molecular complexity index is 681. The van der Waals surface area contributed by atoms with Crippen molar-refractivity contribution in [3.63, 3.8) is 0 Å². The van der Waals surface area contributed by atoms with Gasteiger partial charge in [0.05, 0.1) is 6.61 Å². The average Bonchev–Trinajstić information content (AvgIpc) is 2.72. The molecule has 0 unspecified atom stereocenters. The molecule has 0 heterocycles. The molecule has 0 bridgehead atoms. The molecule has 27 heavy (non-hydrogen) atoms. The fraction of sp³-hybridized carbons (Fsp3) is 0.391. The smallest absolute Gasteiger partial charge is 0.172 e. The summed E-state index contributed by atoms with van der Waals surface area (Å²) in [5.74, 6) is 0.869. The maximum absolute atomic E-state index is 11.2. The van der Waals surface area contributed by atoms with Crippen LogP contribution in [-0.2, 0) is 16.2 Å². The van der Waals surface area contributed by atoms with Gasteiger partial charge in [0.2, 0.25) is 0 Å². The van der Waals surface area contributed by atoms with Gasteiger partial charge in [-0.1, -0.05) is 86.6 Å². The number of oxime groups is 1. The SMILES string of the molecule is CCCCCCCCOc1ccc(CON=C(C=O)c2ccccc2)cc1. The average molecular weight is 367 g/mol. The fourth-order valence-corrected chi connectivity index (χ4v) is 2.68. The minimum Gasteiger partial charge on any atom is -0.494 e. The van der Waals surface area contributed by atoms with Crippen LogP contribution in [0.3, 0.4) is 0 Å². The lowest BCUT2D eigenvalue weighted by Crippen LogP contribution is -2.03. The van der Waals surface area contributed by atoms with Gasteiger partial charge in [-0.3, -0.25) is 4.79 Å². The normalized spacial score (nSPS) is 11.2. The maximum Gasteiger partial charge on any atom is 0.172 e. The van der Waals surface area contributed by atoms with E-state index >= 15 is 0 Å². The van der Waals surface area contributed by atoms with Crippen LogP contribution < -0.4 is 4.74 Å². The van der Waals surface area contributed by atoms with Crippen molar-refractivity contribution in [3.8, 4) is 5.75 Å². The van der Waals surface area contributed by atoms with Gasteiger partial charge in [-0.15, -0.1) is 0 Å². The molecule has 0 aliphatic rings. The summed E-state index contributed by atoms with van der Waals surface area (Å²) in [6.45, 7) is 3.29. The lowest BCUT2D eigenvalue weighted by molar-refractivity contribution is -0.102. The van der Waals surface area contributed by atoms with E-state index in [1.807, 2.05) is 54.6 Å². The third-order valence-electron chi connectivity index (χ3n) is 4.27. The lowest BCUT2D eigenvalue weighted by atomic mass is 10.1. The van der Waals surface area contributed by atoms with E-state index in [9.17, 15) is 4.79 Å². The van der Waals surface area contributed by atoms with E-state index in [1.54, 1.807) is 0 Å². The number of ether oxygens (including phenoxy) is 1. The highest BCUT2D eigenvalue weighted by atomic mass is 16.6. The van der Waals surface area contributed by atoms with Crippen LogP contribution in [-0.4, -0.2) is 18.6 Å². The van der Waals surface area contributed by atoms with Gasteiger partial charge < -0.3 is 9.57 Å². The molecule has 0 aromatic heterocycles. The first kappa shape index (κ1) is 20.7. The number of aldehydes is 1. The second-order valence-corrected chi connectivity index (χ2v) is 6.49. The monoisotopic (exact) mass is 367 g/mol. The quantitative estimate of drug-likeness (QED) is 0.202. The number of carbonyl (C=O) groups is 1. The zero-order valence-electron chi connectivity index (χ0n) is 16.1. The first-order chi connectivity index (χ1) is 13.3. The molecule has 0 saturated carbocycles. The van der Waals surface area contributed by atoms with Crippen LogP contribution in [0.4, 0.5) is 0 Å². The second kappa shape index (κ2) is 12.7. The summed E-state index contributed by atoms with van der Waals surface area (Å²) in [6.07, 6.45) is 8.24. The molecule has 0 spiro atoms. The van der Waals surface area contributed by atoms with E-state index in [1.165, 1.54) is 32.1 Å². The minimum absolute atomic E-state index is 0.287. The van der Waals surface area contributed by atoms with Crippen LogP contribution in [0, 0.1) is 0 Å². The zero-order valence-corrected chi connectivity index (χ0v) is 16.1. The number of nitrogens with zero attached hydrogens (tertiary/aromatic N) is 1. The summed E-state index contributed by atoms with van der Waals surface area (Å²) >= 11 is 0. The number of rotatable bonds is 13. The molecule has 2 rings (SSSR count). The van der Waals surface area contributed by atoms with Crippen molar-refractivity contribution in [2.75, 3.05) is 6.61 Å². The molecular formula is C23H29NO3. The summed E-state index contributed by atoms with van der Waals surface area (Å²) in [5, 5.41) is 3.94. The highest BCUT2D eigenvalue weighted by Gasteiger charge is 2.02. The Hall–Kier alpha value is -2.62. The van der Waals surface area contributed by atoms with Crippen LogP contribution >= 0.6 is 0 Å². The minimum atomic E-state index is 0.287. The predicted octanol–water partition coefficient (Wildman–Crippen LogP) is 5.55. The number of carbonyl (C=O) groups excluding carboxylic acids is 1. The van der Waals surface area contributed by atoms with Crippen molar-refractivity contribution in [1.82, 2.24) is 0 Å². The number of hydrogen-bond donors (Lipinski definition) is 0. The molecule has 4 nitrogen and oxygen atoms in total. The third kappa shape index (κ3) is 8.07. The van der Waals surface area contributed by atoms with Crippen molar-refractivity contribution in [2.24, 2.45) is 5.16 Å². The molecule has 0 radical (unpaired) electrons. The first-order valence-electron chi connectivity index (χ1n) is 9.75. The van der Waals surface area contributed by atoms with Crippen molar-refractivity contribution in [3.05, 3.63) is 65.7 Å². The van der Waals surface area contributed by atoms with Crippen LogP contribution in [0.1, 0.15) is 56.6 Å². The number of hydrogen-bond acceptors (Lipinski definition) is 4. The Labute approximate surface area is 162 Å². The molecule has 0 aliphatic heterocycles. The van der Waals surface area contributed by atoms with Gasteiger partial charge in [0, 0.05) is 5.56 Å². The Morgan fingerprint density at radius 1 is 0.926 bits per heavy atom. The fourth-order valence-electron chi connectivity index (χ4n) is 2.68. The van der Waals surface area contributed by atoms with E-state index in [2.05, 4.69) is 12.1 Å². The lowest BCUT2D eigenvalue weighted by Gasteiger charge is -2.07. The summed E-state index contributed by atoms with van der Waals surface area (Å²) in [5.41, 5.74) is 2.00. The standard InChI is InChI=1S/C23H29NO3/c1-2-3-4-5-6-10-17-26-22-15-13-20(14-16-22)19-27-24-23(18-25)21-11-8-7-9-12-21/h7-9,11-16,18H,2-6,10,17,19H2,1H3. The molecule has 0 fully saturated rings. The van der Waals surface area contributed by atoms with Crippen molar-refractivity contribution in [1.29, 1.82) is 0 Å². The van der Waals surface area contributed by atoms with E-state index in [4.69, 9.17) is 9.57 Å². The van der Waals surface area contributed by atoms with Gasteiger partial charge >= 0.3 is 0 Å². The zero-order chi connectivity index (χ0) is 19.2. The highest BCUT2D eigenvalue weighted by Crippen LogP contribution is 2.14. The van der Waals surface area contributed by atoms with Crippen LogP contribution in [0.2, 0.25) is 0 Å².